The topological polar surface area (TPSA) is 51.6 Å². The van der Waals surface area contributed by atoms with Crippen molar-refractivity contribution >= 4 is 86.3 Å². The van der Waals surface area contributed by atoms with Crippen molar-refractivity contribution in [3.63, 3.8) is 0 Å². The minimum absolute atomic E-state index is 0.938. The SMILES string of the molecule is c1cncc(-c2ccc3ccc4ccc(-c5ccc(-c6cccc7nc(-c8cc(-c9ccc(-c%10cccc%11ccncc%10%11)cc9)c9ccc%10c(-c%11cccnc%11)ccc%11ccc8c9c%11%10)ccc67)cc5)c5ccc2c3c45)c1. The lowest BCUT2D eigenvalue weighted by molar-refractivity contribution is 1.33. The molecule has 0 saturated heterocycles. The molecule has 0 aliphatic heterocycles. The maximum Gasteiger partial charge on any atom is 0.0716 e. The van der Waals surface area contributed by atoms with Crippen LogP contribution in [0.25, 0.3) is 164 Å². The zero-order valence-electron chi connectivity index (χ0n) is 41.0. The number of rotatable bonds is 7. The summed E-state index contributed by atoms with van der Waals surface area (Å²) in [4.78, 5) is 19.0. The van der Waals surface area contributed by atoms with Crippen LogP contribution in [0.1, 0.15) is 0 Å². The van der Waals surface area contributed by atoms with E-state index in [0.717, 1.165) is 60.9 Å². The molecule has 350 valence electrons. The fourth-order valence-corrected chi connectivity index (χ4v) is 12.5. The third-order valence-corrected chi connectivity index (χ3v) is 16.1. The molecule has 4 heterocycles. The summed E-state index contributed by atoms with van der Waals surface area (Å²) in [7, 11) is 0. The summed E-state index contributed by atoms with van der Waals surface area (Å²) in [5.41, 5.74) is 17.0. The van der Waals surface area contributed by atoms with Crippen LogP contribution in [0.3, 0.4) is 0 Å². The van der Waals surface area contributed by atoms with E-state index in [0.29, 0.717) is 0 Å². The molecule has 76 heavy (non-hydrogen) atoms. The van der Waals surface area contributed by atoms with Crippen LogP contribution in [-0.4, -0.2) is 19.9 Å². The van der Waals surface area contributed by atoms with Gasteiger partial charge in [-0.05, 0) is 162 Å². The molecule has 12 aromatic carbocycles. The van der Waals surface area contributed by atoms with E-state index in [2.05, 4.69) is 221 Å². The van der Waals surface area contributed by atoms with E-state index in [1.807, 2.05) is 49.3 Å². The molecule has 0 spiro atoms. The number of aromatic nitrogens is 4. The number of nitrogens with zero attached hydrogens (tertiary/aromatic N) is 4. The van der Waals surface area contributed by atoms with Crippen LogP contribution in [0.2, 0.25) is 0 Å². The normalized spacial score (nSPS) is 11.9. The smallest absolute Gasteiger partial charge is 0.0716 e. The van der Waals surface area contributed by atoms with Crippen molar-refractivity contribution in [1.82, 2.24) is 19.9 Å². The van der Waals surface area contributed by atoms with Crippen LogP contribution in [0, 0.1) is 0 Å². The molecule has 0 N–H and O–H groups in total. The van der Waals surface area contributed by atoms with Gasteiger partial charge in [0.15, 0.2) is 0 Å². The van der Waals surface area contributed by atoms with E-state index < -0.39 is 0 Å². The molecule has 4 heteroatoms. The molecule has 16 rings (SSSR count). The summed E-state index contributed by atoms with van der Waals surface area (Å²) in [5, 5.41) is 18.4. The highest BCUT2D eigenvalue weighted by Gasteiger charge is 2.21. The molecule has 16 aromatic rings. The Balaban J connectivity index is 0.817. The third-order valence-electron chi connectivity index (χ3n) is 16.1. The second-order valence-corrected chi connectivity index (χ2v) is 20.1. The maximum absolute atomic E-state index is 5.54. The first-order chi connectivity index (χ1) is 37.7. The van der Waals surface area contributed by atoms with E-state index in [-0.39, 0.29) is 0 Å². The number of fused-ring (bicyclic) bond motifs is 2. The Morgan fingerprint density at radius 2 is 0.658 bits per heavy atom. The van der Waals surface area contributed by atoms with Gasteiger partial charge in [-0.2, -0.15) is 0 Å². The fourth-order valence-electron chi connectivity index (χ4n) is 12.5. The van der Waals surface area contributed by atoms with Gasteiger partial charge in [-0.3, -0.25) is 15.0 Å². The van der Waals surface area contributed by atoms with Crippen LogP contribution in [0.15, 0.2) is 256 Å². The van der Waals surface area contributed by atoms with Gasteiger partial charge in [0.25, 0.3) is 0 Å². The molecule has 0 fully saturated rings. The van der Waals surface area contributed by atoms with Gasteiger partial charge < -0.3 is 0 Å². The van der Waals surface area contributed by atoms with Crippen LogP contribution in [0.5, 0.6) is 0 Å². The van der Waals surface area contributed by atoms with Crippen molar-refractivity contribution in [2.24, 2.45) is 0 Å². The van der Waals surface area contributed by atoms with Gasteiger partial charge in [0, 0.05) is 64.6 Å². The summed E-state index contributed by atoms with van der Waals surface area (Å²) < 4.78 is 0. The Labute approximate surface area is 437 Å². The quantitative estimate of drug-likeness (QED) is 0.149. The van der Waals surface area contributed by atoms with Gasteiger partial charge in [0.2, 0.25) is 0 Å². The average molecular weight is 963 g/mol. The van der Waals surface area contributed by atoms with Crippen molar-refractivity contribution in [3.8, 4) is 78.0 Å². The molecule has 0 aliphatic carbocycles. The number of pyridine rings is 4. The Bertz CT molecular complexity index is 4950. The summed E-state index contributed by atoms with van der Waals surface area (Å²) in [5.74, 6) is 0. The molecule has 0 bridgehead atoms. The van der Waals surface area contributed by atoms with Crippen molar-refractivity contribution in [2.45, 2.75) is 0 Å². The van der Waals surface area contributed by atoms with E-state index in [1.165, 1.54) is 103 Å². The maximum atomic E-state index is 5.54. The van der Waals surface area contributed by atoms with Gasteiger partial charge in [-0.1, -0.05) is 182 Å². The molecule has 4 nitrogen and oxygen atoms in total. The molecule has 0 saturated carbocycles. The van der Waals surface area contributed by atoms with E-state index >= 15 is 0 Å². The monoisotopic (exact) mass is 962 g/mol. The molecule has 0 atom stereocenters. The zero-order chi connectivity index (χ0) is 49.8. The molecular weight excluding hydrogens is 921 g/mol. The molecule has 0 amide bonds. The molecule has 0 aliphatic rings. The Morgan fingerprint density at radius 3 is 1.24 bits per heavy atom. The van der Waals surface area contributed by atoms with Crippen LogP contribution < -0.4 is 0 Å². The Hall–Kier alpha value is -10.2. The first-order valence-corrected chi connectivity index (χ1v) is 25.9. The lowest BCUT2D eigenvalue weighted by Gasteiger charge is -2.19. The molecule has 0 unspecified atom stereocenters. The van der Waals surface area contributed by atoms with Crippen LogP contribution in [0.4, 0.5) is 0 Å². The predicted molar refractivity (Wildman–Crippen MR) is 318 cm³/mol. The first kappa shape index (κ1) is 42.4. The number of benzene rings is 12. The molecule has 0 radical (unpaired) electrons. The number of hydrogen-bond donors (Lipinski definition) is 0. The highest BCUT2D eigenvalue weighted by atomic mass is 14.7. The Morgan fingerprint density at radius 1 is 0.224 bits per heavy atom. The predicted octanol–water partition coefficient (Wildman–Crippen LogP) is 19.0. The third kappa shape index (κ3) is 6.51. The highest BCUT2D eigenvalue weighted by Crippen LogP contribution is 2.47. The minimum atomic E-state index is 0.938. The summed E-state index contributed by atoms with van der Waals surface area (Å²) >= 11 is 0. The van der Waals surface area contributed by atoms with Crippen LogP contribution >= 0.6 is 0 Å². The fraction of sp³-hybridized carbons (Fsp3) is 0. The largest absolute Gasteiger partial charge is 0.264 e. The summed E-state index contributed by atoms with van der Waals surface area (Å²) in [6.45, 7) is 0. The first-order valence-electron chi connectivity index (χ1n) is 25.9. The standard InChI is InChI=1S/C72H42N4/c1-5-43-35-38-75-42-66(43)54(8-1)45-15-17-47(18-16-45)64-39-65(63-28-24-50-23-27-57(52-7-4-37-74-41-52)61-31-32-62(64)72(63)71(50)61)68-34-33-58-53(9-2-10-67(58)76-68)44-11-13-46(14-12-44)55-25-21-48-19-20-49-22-26-56(51-6-3-36-73-40-51)60-30-29-59(55)69(48)70(49)60/h1-42H. The van der Waals surface area contributed by atoms with Crippen molar-refractivity contribution in [1.29, 1.82) is 0 Å². The van der Waals surface area contributed by atoms with Gasteiger partial charge in [-0.15, -0.1) is 0 Å². The summed E-state index contributed by atoms with van der Waals surface area (Å²) in [6.07, 6.45) is 11.4. The van der Waals surface area contributed by atoms with Crippen molar-refractivity contribution in [2.75, 3.05) is 0 Å². The Kier molecular flexibility index (Phi) is 9.30. The zero-order valence-corrected chi connectivity index (χ0v) is 41.0. The second kappa shape index (κ2) is 16.7. The van der Waals surface area contributed by atoms with Gasteiger partial charge >= 0.3 is 0 Å². The second-order valence-electron chi connectivity index (χ2n) is 20.1. The highest BCUT2D eigenvalue weighted by molar-refractivity contribution is 6.30. The van der Waals surface area contributed by atoms with Gasteiger partial charge in [-0.25, -0.2) is 4.98 Å². The molecular formula is C72H42N4. The van der Waals surface area contributed by atoms with E-state index in [1.54, 1.807) is 0 Å². The average Bonchev–Trinajstić information content (AvgIpc) is 3.60. The lowest BCUT2D eigenvalue weighted by atomic mass is 9.84. The van der Waals surface area contributed by atoms with Gasteiger partial charge in [0.1, 0.15) is 0 Å². The van der Waals surface area contributed by atoms with E-state index in [9.17, 15) is 0 Å². The molecule has 4 aromatic heterocycles. The number of hydrogen-bond acceptors (Lipinski definition) is 4. The minimum Gasteiger partial charge on any atom is -0.264 e. The lowest BCUT2D eigenvalue weighted by Crippen LogP contribution is -1.94. The summed E-state index contributed by atoms with van der Waals surface area (Å²) in [6, 6.07) is 80.3. The van der Waals surface area contributed by atoms with E-state index in [4.69, 9.17) is 4.98 Å². The van der Waals surface area contributed by atoms with Gasteiger partial charge in [0.05, 0.1) is 11.2 Å². The van der Waals surface area contributed by atoms with Crippen LogP contribution in [-0.2, 0) is 0 Å². The van der Waals surface area contributed by atoms with Crippen molar-refractivity contribution in [3.05, 3.63) is 256 Å². The van der Waals surface area contributed by atoms with Crippen molar-refractivity contribution < 1.29 is 0 Å².